The zero-order valence-corrected chi connectivity index (χ0v) is 24.1. The van der Waals surface area contributed by atoms with E-state index < -0.39 is 11.6 Å². The molecule has 0 saturated heterocycles. The van der Waals surface area contributed by atoms with Gasteiger partial charge in [-0.1, -0.05) is 60.7 Å². The first-order chi connectivity index (χ1) is 21.4. The Hall–Kier alpha value is -5.73. The van der Waals surface area contributed by atoms with E-state index in [4.69, 9.17) is 0 Å². The van der Waals surface area contributed by atoms with Crippen LogP contribution in [0.3, 0.4) is 0 Å². The van der Waals surface area contributed by atoms with Gasteiger partial charge >= 0.3 is 0 Å². The Kier molecular flexibility index (Phi) is 5.69. The molecule has 0 spiro atoms. The second kappa shape index (κ2) is 9.65. The van der Waals surface area contributed by atoms with Crippen molar-refractivity contribution in [2.24, 2.45) is 0 Å². The largest absolute Gasteiger partial charge is 0.308 e. The van der Waals surface area contributed by atoms with Crippen LogP contribution in [0.1, 0.15) is 16.7 Å². The second-order valence-corrected chi connectivity index (χ2v) is 11.4. The molecule has 0 aliphatic carbocycles. The first-order valence-corrected chi connectivity index (χ1v) is 14.5. The van der Waals surface area contributed by atoms with Gasteiger partial charge in [0, 0.05) is 27.6 Å². The van der Waals surface area contributed by atoms with Gasteiger partial charge in [-0.25, -0.2) is 8.78 Å². The van der Waals surface area contributed by atoms with Gasteiger partial charge in [-0.2, -0.15) is 5.26 Å². The van der Waals surface area contributed by atoms with Crippen molar-refractivity contribution in [2.45, 2.75) is 13.8 Å². The Balaban J connectivity index is 1.59. The van der Waals surface area contributed by atoms with Gasteiger partial charge < -0.3 is 9.13 Å². The van der Waals surface area contributed by atoms with E-state index in [-0.39, 0.29) is 0 Å². The average Bonchev–Trinajstić information content (AvgIpc) is 3.51. The van der Waals surface area contributed by atoms with Crippen LogP contribution in [0.5, 0.6) is 0 Å². The molecule has 210 valence electrons. The van der Waals surface area contributed by atoms with Crippen molar-refractivity contribution in [1.82, 2.24) is 9.13 Å². The lowest BCUT2D eigenvalue weighted by Gasteiger charge is -2.18. The number of halogens is 2. The Morgan fingerprint density at radius 3 is 1.41 bits per heavy atom. The molecule has 0 aliphatic heterocycles. The molecule has 6 aromatic carbocycles. The molecule has 0 N–H and O–H groups in total. The van der Waals surface area contributed by atoms with Crippen LogP contribution in [-0.2, 0) is 0 Å². The zero-order valence-electron chi connectivity index (χ0n) is 24.1. The number of rotatable bonds is 3. The Morgan fingerprint density at radius 1 is 0.500 bits per heavy atom. The molecule has 44 heavy (non-hydrogen) atoms. The number of hydrogen-bond donors (Lipinski definition) is 0. The summed E-state index contributed by atoms with van der Waals surface area (Å²) in [4.78, 5) is 0. The fraction of sp³-hybridized carbons (Fsp3) is 0.0513. The Labute approximate surface area is 252 Å². The summed E-state index contributed by atoms with van der Waals surface area (Å²) in [6.45, 7) is 4.09. The van der Waals surface area contributed by atoms with Crippen molar-refractivity contribution in [3.8, 4) is 28.6 Å². The monoisotopic (exact) mass is 573 g/mol. The minimum absolute atomic E-state index is 0.392. The molecule has 0 bridgehead atoms. The van der Waals surface area contributed by atoms with Crippen molar-refractivity contribution >= 4 is 43.6 Å². The average molecular weight is 574 g/mol. The minimum atomic E-state index is -0.660. The predicted octanol–water partition coefficient (Wildman–Crippen LogP) is 10.3. The number of para-hydroxylation sites is 2. The summed E-state index contributed by atoms with van der Waals surface area (Å²) in [5, 5.41) is 15.2. The first-order valence-electron chi connectivity index (χ1n) is 14.5. The molecular weight excluding hydrogens is 548 g/mol. The van der Waals surface area contributed by atoms with Gasteiger partial charge in [0.2, 0.25) is 0 Å². The molecule has 0 fully saturated rings. The number of nitrogens with zero attached hydrogens (tertiary/aromatic N) is 3. The molecule has 8 aromatic rings. The van der Waals surface area contributed by atoms with Gasteiger partial charge in [0.15, 0.2) is 0 Å². The van der Waals surface area contributed by atoms with E-state index in [0.717, 1.165) is 60.8 Å². The van der Waals surface area contributed by atoms with Gasteiger partial charge in [0.25, 0.3) is 0 Å². The van der Waals surface area contributed by atoms with Crippen molar-refractivity contribution in [3.63, 3.8) is 0 Å². The van der Waals surface area contributed by atoms with Crippen LogP contribution in [0.4, 0.5) is 8.78 Å². The highest BCUT2D eigenvalue weighted by Gasteiger charge is 2.22. The van der Waals surface area contributed by atoms with Gasteiger partial charge in [0.05, 0.1) is 33.4 Å². The molecule has 0 radical (unpaired) electrons. The molecule has 3 nitrogen and oxygen atoms in total. The van der Waals surface area contributed by atoms with E-state index in [9.17, 15) is 14.0 Å². The number of benzene rings is 6. The highest BCUT2D eigenvalue weighted by Crippen LogP contribution is 2.40. The van der Waals surface area contributed by atoms with Crippen molar-refractivity contribution < 1.29 is 8.78 Å². The molecule has 0 atom stereocenters. The van der Waals surface area contributed by atoms with Crippen molar-refractivity contribution in [3.05, 3.63) is 144 Å². The predicted molar refractivity (Wildman–Crippen MR) is 175 cm³/mol. The topological polar surface area (TPSA) is 33.6 Å². The van der Waals surface area contributed by atoms with Crippen LogP contribution >= 0.6 is 0 Å². The summed E-state index contributed by atoms with van der Waals surface area (Å²) in [7, 11) is 0. The van der Waals surface area contributed by atoms with Crippen LogP contribution in [0.15, 0.2) is 115 Å². The summed E-state index contributed by atoms with van der Waals surface area (Å²) in [6, 6.07) is 38.7. The van der Waals surface area contributed by atoms with E-state index in [1.54, 1.807) is 0 Å². The minimum Gasteiger partial charge on any atom is -0.308 e. The number of aryl methyl sites for hydroxylation is 2. The highest BCUT2D eigenvalue weighted by atomic mass is 19.1. The highest BCUT2D eigenvalue weighted by molar-refractivity contribution is 6.11. The number of aromatic nitrogens is 2. The maximum Gasteiger partial charge on any atom is 0.126 e. The lowest BCUT2D eigenvalue weighted by molar-refractivity contribution is 0.584. The van der Waals surface area contributed by atoms with Gasteiger partial charge in [-0.3, -0.25) is 0 Å². The molecule has 8 rings (SSSR count). The van der Waals surface area contributed by atoms with E-state index in [0.29, 0.717) is 28.1 Å². The van der Waals surface area contributed by atoms with Gasteiger partial charge in [-0.05, 0) is 84.6 Å². The van der Waals surface area contributed by atoms with E-state index in [2.05, 4.69) is 63.7 Å². The molecule has 0 saturated carbocycles. The SMILES string of the molecule is Cc1ccc2c3ccccc3n(-c3cc(-c4cc(F)cc(F)c4)cc(-n4c5ccccc5c5ccc(C)cc54)c3C#N)c2c1. The fourth-order valence-electron chi connectivity index (χ4n) is 6.65. The molecule has 2 aromatic heterocycles. The molecule has 0 aliphatic rings. The third-order valence-corrected chi connectivity index (χ3v) is 8.54. The van der Waals surface area contributed by atoms with Crippen LogP contribution in [0, 0.1) is 36.8 Å². The van der Waals surface area contributed by atoms with Gasteiger partial charge in [-0.15, -0.1) is 0 Å². The molecule has 0 amide bonds. The standard InChI is InChI=1S/C39H25F2N3/c1-23-11-13-31-29-7-3-5-9-34(29)43(36(31)15-23)38-19-26(25-17-27(40)21-28(41)18-25)20-39(33(38)22-42)44-35-10-6-4-8-30(35)32-14-12-24(2)16-37(32)44/h3-21H,1-2H3. The summed E-state index contributed by atoms with van der Waals surface area (Å²) in [5.41, 5.74) is 8.69. The third kappa shape index (κ3) is 3.85. The maximum absolute atomic E-state index is 14.6. The molecule has 5 heteroatoms. The lowest BCUT2D eigenvalue weighted by Crippen LogP contribution is -2.05. The Bertz CT molecular complexity index is 2350. The number of nitriles is 1. The summed E-state index contributed by atoms with van der Waals surface area (Å²) in [5.74, 6) is -1.32. The van der Waals surface area contributed by atoms with Crippen molar-refractivity contribution in [2.75, 3.05) is 0 Å². The second-order valence-electron chi connectivity index (χ2n) is 11.4. The normalized spacial score (nSPS) is 11.6. The summed E-state index contributed by atoms with van der Waals surface area (Å²) in [6.07, 6.45) is 0. The first kappa shape index (κ1) is 25.9. The van der Waals surface area contributed by atoms with Crippen LogP contribution in [-0.4, -0.2) is 9.13 Å². The van der Waals surface area contributed by atoms with E-state index in [1.807, 2.05) is 62.4 Å². The van der Waals surface area contributed by atoms with Gasteiger partial charge in [0.1, 0.15) is 23.3 Å². The lowest BCUT2D eigenvalue weighted by atomic mass is 9.99. The Morgan fingerprint density at radius 2 is 0.932 bits per heavy atom. The molecular formula is C39H25F2N3. The smallest absolute Gasteiger partial charge is 0.126 e. The molecule has 0 unspecified atom stereocenters. The number of fused-ring (bicyclic) bond motifs is 6. The molecule has 2 heterocycles. The van der Waals surface area contributed by atoms with Crippen molar-refractivity contribution in [1.29, 1.82) is 5.26 Å². The number of hydrogen-bond acceptors (Lipinski definition) is 1. The third-order valence-electron chi connectivity index (χ3n) is 8.54. The maximum atomic E-state index is 14.6. The zero-order chi connectivity index (χ0) is 30.1. The van der Waals surface area contributed by atoms with E-state index in [1.165, 1.54) is 12.1 Å². The van der Waals surface area contributed by atoms with Crippen LogP contribution < -0.4 is 0 Å². The quantitative estimate of drug-likeness (QED) is 0.207. The van der Waals surface area contributed by atoms with Crippen LogP contribution in [0.25, 0.3) is 66.1 Å². The van der Waals surface area contributed by atoms with E-state index >= 15 is 0 Å². The summed E-state index contributed by atoms with van der Waals surface area (Å²) >= 11 is 0. The summed E-state index contributed by atoms with van der Waals surface area (Å²) < 4.78 is 33.5. The fourth-order valence-corrected chi connectivity index (χ4v) is 6.65. The van der Waals surface area contributed by atoms with Crippen LogP contribution in [0.2, 0.25) is 0 Å².